The van der Waals surface area contributed by atoms with Crippen molar-refractivity contribution < 1.29 is 24.9 Å². The molecule has 0 aromatic rings. The molecule has 0 aromatic heterocycles. The zero-order valence-electron chi connectivity index (χ0n) is 23.9. The third-order valence-electron chi connectivity index (χ3n) is 7.47. The van der Waals surface area contributed by atoms with Gasteiger partial charge in [0.25, 0.3) is 0 Å². The molecule has 0 aliphatic rings. The summed E-state index contributed by atoms with van der Waals surface area (Å²) in [7, 11) is 0. The van der Waals surface area contributed by atoms with Gasteiger partial charge in [-0.2, -0.15) is 0 Å². The van der Waals surface area contributed by atoms with Crippen LogP contribution < -0.4 is 0 Å². The molecule has 5 nitrogen and oxygen atoms in total. The predicted octanol–water partition coefficient (Wildman–Crippen LogP) is 7.47. The normalized spacial score (nSPS) is 14.0. The molecule has 0 saturated carbocycles. The number of carbonyl (C=O) groups excluding carboxylic acids is 2. The highest BCUT2D eigenvalue weighted by Gasteiger charge is 2.28. The number of aliphatic hydroxyl groups is 3. The molecule has 0 aliphatic carbocycles. The van der Waals surface area contributed by atoms with E-state index in [1.165, 1.54) is 89.9 Å². The van der Waals surface area contributed by atoms with Crippen LogP contribution in [0.2, 0.25) is 0 Å². The second-order valence-electron chi connectivity index (χ2n) is 10.9. The van der Waals surface area contributed by atoms with Crippen LogP contribution in [0.1, 0.15) is 162 Å². The van der Waals surface area contributed by atoms with Gasteiger partial charge >= 0.3 is 0 Å². The third-order valence-corrected chi connectivity index (χ3v) is 7.47. The molecule has 3 atom stereocenters. The fourth-order valence-electron chi connectivity index (χ4n) is 4.92. The molecule has 0 bridgehead atoms. The van der Waals surface area contributed by atoms with E-state index in [0.29, 0.717) is 12.8 Å². The van der Waals surface area contributed by atoms with Crippen molar-refractivity contribution in [3.05, 3.63) is 0 Å². The molecule has 3 unspecified atom stereocenters. The van der Waals surface area contributed by atoms with Gasteiger partial charge in [0, 0.05) is 18.8 Å². The molecule has 0 saturated heterocycles. The minimum absolute atomic E-state index is 0.0364. The second kappa shape index (κ2) is 25.9. The molecular weight excluding hydrogens is 452 g/mol. The van der Waals surface area contributed by atoms with Gasteiger partial charge in [0.05, 0.1) is 6.61 Å². The highest BCUT2D eigenvalue weighted by Crippen LogP contribution is 2.21. The van der Waals surface area contributed by atoms with Crippen molar-refractivity contribution in [2.24, 2.45) is 5.92 Å². The Balaban J connectivity index is 4.18. The number of aliphatic hydroxyl groups excluding tert-OH is 3. The highest BCUT2D eigenvalue weighted by molar-refractivity contribution is 5.90. The highest BCUT2D eigenvalue weighted by atomic mass is 16.4. The lowest BCUT2D eigenvalue weighted by Gasteiger charge is -2.19. The van der Waals surface area contributed by atoms with Gasteiger partial charge in [-0.15, -0.1) is 0 Å². The van der Waals surface area contributed by atoms with Crippen LogP contribution in [0.4, 0.5) is 0 Å². The van der Waals surface area contributed by atoms with E-state index >= 15 is 0 Å². The van der Waals surface area contributed by atoms with Gasteiger partial charge in [-0.05, 0) is 12.8 Å². The molecule has 0 radical (unpaired) electrons. The van der Waals surface area contributed by atoms with Crippen molar-refractivity contribution in [1.82, 2.24) is 0 Å². The summed E-state index contributed by atoms with van der Waals surface area (Å²) in [6, 6.07) is 0. The van der Waals surface area contributed by atoms with Crippen LogP contribution in [0.3, 0.4) is 0 Å². The van der Waals surface area contributed by atoms with Gasteiger partial charge in [0.15, 0.2) is 5.78 Å². The Morgan fingerprint density at radius 3 is 1.36 bits per heavy atom. The number of ketones is 2. The zero-order valence-corrected chi connectivity index (χ0v) is 23.9. The van der Waals surface area contributed by atoms with Crippen LogP contribution in [-0.2, 0) is 9.59 Å². The molecule has 0 aliphatic heterocycles. The van der Waals surface area contributed by atoms with E-state index in [1.54, 1.807) is 0 Å². The SMILES string of the molecule is CCCCCCCCCCCCCCCC(=O)C(CCCCCCCCC)CC(=O)C(O)C(O)CO. The Bertz CT molecular complexity index is 507. The molecule has 0 amide bonds. The van der Waals surface area contributed by atoms with Crippen LogP contribution >= 0.6 is 0 Å². The summed E-state index contributed by atoms with van der Waals surface area (Å²) in [5.74, 6) is -0.808. The minimum Gasteiger partial charge on any atom is -0.394 e. The number of rotatable bonds is 28. The summed E-state index contributed by atoms with van der Waals surface area (Å²) in [5.41, 5.74) is 0. The Morgan fingerprint density at radius 2 is 0.944 bits per heavy atom. The average molecular weight is 513 g/mol. The summed E-state index contributed by atoms with van der Waals surface area (Å²) < 4.78 is 0. The van der Waals surface area contributed by atoms with Crippen LogP contribution in [0.15, 0.2) is 0 Å². The molecule has 0 aromatic carbocycles. The Hall–Kier alpha value is -0.780. The van der Waals surface area contributed by atoms with E-state index in [1.807, 2.05) is 0 Å². The number of carbonyl (C=O) groups is 2. The van der Waals surface area contributed by atoms with Crippen LogP contribution in [0.5, 0.6) is 0 Å². The molecule has 214 valence electrons. The first-order chi connectivity index (χ1) is 17.5. The molecule has 0 fully saturated rings. The predicted molar refractivity (Wildman–Crippen MR) is 150 cm³/mol. The average Bonchev–Trinajstić information content (AvgIpc) is 2.88. The summed E-state index contributed by atoms with van der Waals surface area (Å²) in [4.78, 5) is 25.3. The lowest BCUT2D eigenvalue weighted by atomic mass is 9.87. The first kappa shape index (κ1) is 35.2. The summed E-state index contributed by atoms with van der Waals surface area (Å²) in [6.45, 7) is 3.79. The Morgan fingerprint density at radius 1 is 0.556 bits per heavy atom. The largest absolute Gasteiger partial charge is 0.394 e. The number of Topliss-reactive ketones (excluding diaryl/α,β-unsaturated/α-hetero) is 2. The molecular formula is C31H60O5. The molecule has 0 heterocycles. The number of hydrogen-bond donors (Lipinski definition) is 3. The second-order valence-corrected chi connectivity index (χ2v) is 10.9. The topological polar surface area (TPSA) is 94.8 Å². The molecule has 0 spiro atoms. The Labute approximate surface area is 222 Å². The quantitative estimate of drug-likeness (QED) is 0.0945. The summed E-state index contributed by atoms with van der Waals surface area (Å²) in [6.07, 6.45) is 22.5. The molecule has 36 heavy (non-hydrogen) atoms. The van der Waals surface area contributed by atoms with E-state index in [0.717, 1.165) is 38.5 Å². The van der Waals surface area contributed by atoms with Crippen molar-refractivity contribution in [3.63, 3.8) is 0 Å². The Kier molecular flexibility index (Phi) is 25.3. The number of unbranched alkanes of at least 4 members (excludes halogenated alkanes) is 18. The maximum absolute atomic E-state index is 12.9. The van der Waals surface area contributed by atoms with E-state index in [2.05, 4.69) is 13.8 Å². The molecule has 0 rings (SSSR count). The van der Waals surface area contributed by atoms with E-state index in [4.69, 9.17) is 5.11 Å². The first-order valence-corrected chi connectivity index (χ1v) is 15.5. The van der Waals surface area contributed by atoms with Gasteiger partial charge < -0.3 is 15.3 Å². The lowest BCUT2D eigenvalue weighted by molar-refractivity contribution is -0.138. The van der Waals surface area contributed by atoms with Crippen molar-refractivity contribution in [1.29, 1.82) is 0 Å². The van der Waals surface area contributed by atoms with E-state index < -0.39 is 24.6 Å². The van der Waals surface area contributed by atoms with E-state index in [-0.39, 0.29) is 18.1 Å². The van der Waals surface area contributed by atoms with Crippen molar-refractivity contribution in [3.8, 4) is 0 Å². The first-order valence-electron chi connectivity index (χ1n) is 15.5. The monoisotopic (exact) mass is 512 g/mol. The van der Waals surface area contributed by atoms with Crippen molar-refractivity contribution >= 4 is 11.6 Å². The van der Waals surface area contributed by atoms with Crippen LogP contribution in [0, 0.1) is 5.92 Å². The standard InChI is InChI=1S/C31H60O5/c1-3-5-7-9-11-12-13-14-15-16-18-20-22-24-28(33)27(23-21-19-17-10-8-6-4-2)25-29(34)31(36)30(35)26-32/h27,30-32,35-36H,3-26H2,1-2H3. The van der Waals surface area contributed by atoms with Crippen LogP contribution in [0.25, 0.3) is 0 Å². The zero-order chi connectivity index (χ0) is 26.9. The van der Waals surface area contributed by atoms with Gasteiger partial charge in [0.1, 0.15) is 18.0 Å². The van der Waals surface area contributed by atoms with E-state index in [9.17, 15) is 19.8 Å². The van der Waals surface area contributed by atoms with Crippen molar-refractivity contribution in [2.45, 2.75) is 174 Å². The summed E-state index contributed by atoms with van der Waals surface area (Å²) in [5, 5.41) is 28.5. The molecule has 5 heteroatoms. The maximum Gasteiger partial charge on any atom is 0.164 e. The summed E-state index contributed by atoms with van der Waals surface area (Å²) >= 11 is 0. The number of hydrogen-bond acceptors (Lipinski definition) is 5. The maximum atomic E-state index is 12.9. The van der Waals surface area contributed by atoms with Crippen LogP contribution in [-0.4, -0.2) is 45.7 Å². The fourth-order valence-corrected chi connectivity index (χ4v) is 4.92. The fraction of sp³-hybridized carbons (Fsp3) is 0.935. The minimum atomic E-state index is -1.62. The van der Waals surface area contributed by atoms with Gasteiger partial charge in [-0.25, -0.2) is 0 Å². The third kappa shape index (κ3) is 20.3. The van der Waals surface area contributed by atoms with Gasteiger partial charge in [0.2, 0.25) is 0 Å². The van der Waals surface area contributed by atoms with Gasteiger partial charge in [-0.1, -0.05) is 136 Å². The van der Waals surface area contributed by atoms with Gasteiger partial charge in [-0.3, -0.25) is 9.59 Å². The molecule has 3 N–H and O–H groups in total. The smallest absolute Gasteiger partial charge is 0.164 e. The lowest BCUT2D eigenvalue weighted by Crippen LogP contribution is -2.38. The van der Waals surface area contributed by atoms with Crippen molar-refractivity contribution in [2.75, 3.05) is 6.61 Å².